The summed E-state index contributed by atoms with van der Waals surface area (Å²) in [4.78, 5) is 6.54. The number of piperidine rings is 1. The fourth-order valence-corrected chi connectivity index (χ4v) is 3.37. The van der Waals surface area contributed by atoms with Gasteiger partial charge in [-0.2, -0.15) is 10.2 Å². The molecule has 0 N–H and O–H groups in total. The van der Waals surface area contributed by atoms with Crippen LogP contribution >= 0.6 is 0 Å². The molecule has 2 aromatic carbocycles. The highest BCUT2D eigenvalue weighted by molar-refractivity contribution is 5.60. The average Bonchev–Trinajstić information content (AvgIpc) is 3.18. The van der Waals surface area contributed by atoms with Crippen LogP contribution in [0.1, 0.15) is 31.0 Å². The van der Waals surface area contributed by atoms with Gasteiger partial charge in [0.1, 0.15) is 18.4 Å². The topological polar surface area (TPSA) is 62.3 Å². The Balaban J connectivity index is 1.47. The standard InChI is InChI=1S/C23H23N3O2/c1-17-11-13-26(14-12-17)23-21(15-24)25-22(28-23)19-7-9-20(10-8-19)27-16-18-5-3-2-4-6-18/h2-10,17H,11-14,16H2,1H3. The molecule has 1 aliphatic rings. The van der Waals surface area contributed by atoms with Crippen LogP contribution in [0.2, 0.25) is 0 Å². The van der Waals surface area contributed by atoms with Crippen molar-refractivity contribution in [3.05, 3.63) is 65.9 Å². The van der Waals surface area contributed by atoms with E-state index >= 15 is 0 Å². The molecule has 0 atom stereocenters. The molecule has 0 saturated carbocycles. The monoisotopic (exact) mass is 373 g/mol. The smallest absolute Gasteiger partial charge is 0.235 e. The third-order valence-corrected chi connectivity index (χ3v) is 5.14. The lowest BCUT2D eigenvalue weighted by molar-refractivity contribution is 0.306. The molecule has 1 aromatic heterocycles. The summed E-state index contributed by atoms with van der Waals surface area (Å²) in [5.41, 5.74) is 2.31. The largest absolute Gasteiger partial charge is 0.489 e. The molecule has 0 aliphatic carbocycles. The zero-order chi connectivity index (χ0) is 19.3. The lowest BCUT2D eigenvalue weighted by Gasteiger charge is -2.29. The number of hydrogen-bond donors (Lipinski definition) is 0. The second kappa shape index (κ2) is 8.18. The normalized spacial score (nSPS) is 14.6. The minimum atomic E-state index is 0.356. The summed E-state index contributed by atoms with van der Waals surface area (Å²) < 4.78 is 11.8. The lowest BCUT2D eigenvalue weighted by Crippen LogP contribution is -2.32. The molecule has 0 amide bonds. The van der Waals surface area contributed by atoms with Gasteiger partial charge in [-0.3, -0.25) is 0 Å². The first-order chi connectivity index (χ1) is 13.7. The lowest BCUT2D eigenvalue weighted by atomic mass is 9.99. The molecule has 3 aromatic rings. The van der Waals surface area contributed by atoms with Crippen LogP contribution in [-0.2, 0) is 6.61 Å². The van der Waals surface area contributed by atoms with E-state index in [1.165, 1.54) is 0 Å². The van der Waals surface area contributed by atoms with Gasteiger partial charge in [0.15, 0.2) is 0 Å². The molecule has 5 nitrogen and oxygen atoms in total. The molecule has 0 spiro atoms. The number of aromatic nitrogens is 1. The summed E-state index contributed by atoms with van der Waals surface area (Å²) in [6.07, 6.45) is 2.21. The Kier molecular flexibility index (Phi) is 5.29. The van der Waals surface area contributed by atoms with E-state index in [1.807, 2.05) is 54.6 Å². The summed E-state index contributed by atoms with van der Waals surface area (Å²) in [5.74, 6) is 2.56. The van der Waals surface area contributed by atoms with Gasteiger partial charge in [-0.1, -0.05) is 37.3 Å². The fourth-order valence-electron chi connectivity index (χ4n) is 3.37. The van der Waals surface area contributed by atoms with Crippen molar-refractivity contribution < 1.29 is 9.15 Å². The maximum absolute atomic E-state index is 9.46. The van der Waals surface area contributed by atoms with E-state index in [1.54, 1.807) is 0 Å². The van der Waals surface area contributed by atoms with E-state index in [0.717, 1.165) is 42.8 Å². The van der Waals surface area contributed by atoms with E-state index in [9.17, 15) is 5.26 Å². The van der Waals surface area contributed by atoms with Crippen LogP contribution in [0.5, 0.6) is 5.75 Å². The molecular formula is C23H23N3O2. The second-order valence-corrected chi connectivity index (χ2v) is 7.25. The van der Waals surface area contributed by atoms with Gasteiger partial charge in [-0.15, -0.1) is 0 Å². The predicted octanol–water partition coefficient (Wildman–Crippen LogP) is 5.03. The molecule has 1 saturated heterocycles. The third-order valence-electron chi connectivity index (χ3n) is 5.14. The van der Waals surface area contributed by atoms with E-state index < -0.39 is 0 Å². The number of oxazole rings is 1. The van der Waals surface area contributed by atoms with Crippen LogP contribution < -0.4 is 9.64 Å². The first-order valence-corrected chi connectivity index (χ1v) is 9.66. The van der Waals surface area contributed by atoms with Crippen molar-refractivity contribution in [2.45, 2.75) is 26.4 Å². The van der Waals surface area contributed by atoms with Gasteiger partial charge in [-0.05, 0) is 48.6 Å². The molecule has 4 rings (SSSR count). The van der Waals surface area contributed by atoms with Gasteiger partial charge in [0, 0.05) is 18.7 Å². The van der Waals surface area contributed by atoms with E-state index in [4.69, 9.17) is 9.15 Å². The summed E-state index contributed by atoms with van der Waals surface area (Å²) in [6.45, 7) is 4.58. The van der Waals surface area contributed by atoms with Gasteiger partial charge in [-0.25, -0.2) is 0 Å². The SMILES string of the molecule is CC1CCN(c2oc(-c3ccc(OCc4ccccc4)cc3)nc2C#N)CC1. The Morgan fingerprint density at radius 3 is 2.50 bits per heavy atom. The van der Waals surface area contributed by atoms with Crippen LogP contribution in [-0.4, -0.2) is 18.1 Å². The molecule has 142 valence electrons. The Hall–Kier alpha value is -3.26. The van der Waals surface area contributed by atoms with Crippen molar-refractivity contribution in [1.82, 2.24) is 4.98 Å². The van der Waals surface area contributed by atoms with Crippen LogP contribution in [0.25, 0.3) is 11.5 Å². The summed E-state index contributed by atoms with van der Waals surface area (Å²) in [5, 5.41) is 9.46. The van der Waals surface area contributed by atoms with E-state index in [2.05, 4.69) is 22.9 Å². The van der Waals surface area contributed by atoms with Crippen molar-refractivity contribution in [3.63, 3.8) is 0 Å². The van der Waals surface area contributed by atoms with Crippen molar-refractivity contribution in [1.29, 1.82) is 5.26 Å². The minimum absolute atomic E-state index is 0.356. The molecule has 0 unspecified atom stereocenters. The van der Waals surface area contributed by atoms with Crippen molar-refractivity contribution in [2.75, 3.05) is 18.0 Å². The van der Waals surface area contributed by atoms with Crippen LogP contribution in [0, 0.1) is 17.2 Å². The fraction of sp³-hybridized carbons (Fsp3) is 0.304. The van der Waals surface area contributed by atoms with Gasteiger partial charge in [0.25, 0.3) is 0 Å². The summed E-state index contributed by atoms with van der Waals surface area (Å²) in [7, 11) is 0. The number of rotatable bonds is 5. The molecule has 0 bridgehead atoms. The number of benzene rings is 2. The molecule has 0 radical (unpaired) electrons. The Morgan fingerprint density at radius 1 is 1.11 bits per heavy atom. The number of hydrogen-bond acceptors (Lipinski definition) is 5. The quantitative estimate of drug-likeness (QED) is 0.628. The third kappa shape index (κ3) is 4.01. The predicted molar refractivity (Wildman–Crippen MR) is 108 cm³/mol. The van der Waals surface area contributed by atoms with Gasteiger partial charge < -0.3 is 14.1 Å². The second-order valence-electron chi connectivity index (χ2n) is 7.25. The van der Waals surface area contributed by atoms with Crippen molar-refractivity contribution >= 4 is 5.88 Å². The highest BCUT2D eigenvalue weighted by atomic mass is 16.5. The Bertz CT molecular complexity index is 950. The average molecular weight is 373 g/mol. The van der Waals surface area contributed by atoms with Gasteiger partial charge in [0.05, 0.1) is 0 Å². The summed E-state index contributed by atoms with van der Waals surface area (Å²) in [6, 6.07) is 19.9. The maximum atomic E-state index is 9.46. The maximum Gasteiger partial charge on any atom is 0.235 e. The highest BCUT2D eigenvalue weighted by Crippen LogP contribution is 2.31. The molecule has 28 heavy (non-hydrogen) atoms. The molecule has 2 heterocycles. The van der Waals surface area contributed by atoms with Gasteiger partial charge in [0.2, 0.25) is 17.5 Å². The highest BCUT2D eigenvalue weighted by Gasteiger charge is 2.24. The van der Waals surface area contributed by atoms with Crippen LogP contribution in [0.3, 0.4) is 0 Å². The van der Waals surface area contributed by atoms with Crippen LogP contribution in [0.4, 0.5) is 5.88 Å². The number of nitrogens with zero attached hydrogens (tertiary/aromatic N) is 3. The van der Waals surface area contributed by atoms with Crippen LogP contribution in [0.15, 0.2) is 59.0 Å². The molecule has 1 fully saturated rings. The van der Waals surface area contributed by atoms with Gasteiger partial charge >= 0.3 is 0 Å². The zero-order valence-corrected chi connectivity index (χ0v) is 16.0. The summed E-state index contributed by atoms with van der Waals surface area (Å²) >= 11 is 0. The molecule has 5 heteroatoms. The van der Waals surface area contributed by atoms with E-state index in [0.29, 0.717) is 30.0 Å². The molecule has 1 aliphatic heterocycles. The Morgan fingerprint density at radius 2 is 1.82 bits per heavy atom. The van der Waals surface area contributed by atoms with Crippen molar-refractivity contribution in [3.8, 4) is 23.3 Å². The number of ether oxygens (including phenoxy) is 1. The number of anilines is 1. The molecular weight excluding hydrogens is 350 g/mol. The number of nitriles is 1. The minimum Gasteiger partial charge on any atom is -0.489 e. The van der Waals surface area contributed by atoms with E-state index in [-0.39, 0.29) is 0 Å². The first kappa shape index (κ1) is 18.1. The Labute approximate surface area is 165 Å². The van der Waals surface area contributed by atoms with Crippen molar-refractivity contribution in [2.24, 2.45) is 5.92 Å². The zero-order valence-electron chi connectivity index (χ0n) is 16.0. The first-order valence-electron chi connectivity index (χ1n) is 9.66.